The highest BCUT2D eigenvalue weighted by Gasteiger charge is 2.29. The van der Waals surface area contributed by atoms with E-state index in [2.05, 4.69) is 26.5 Å². The van der Waals surface area contributed by atoms with Gasteiger partial charge in [0.2, 0.25) is 0 Å². The largest absolute Gasteiger partial charge is 0.394 e. The molecule has 1 unspecified atom stereocenters. The fourth-order valence-electron chi connectivity index (χ4n) is 4.60. The summed E-state index contributed by atoms with van der Waals surface area (Å²) >= 11 is 0. The van der Waals surface area contributed by atoms with E-state index in [1.807, 2.05) is 54.9 Å². The third-order valence-electron chi connectivity index (χ3n) is 6.42. The van der Waals surface area contributed by atoms with Gasteiger partial charge in [-0.05, 0) is 24.6 Å². The molecule has 1 saturated heterocycles. The SMILES string of the molecule is CCn1c(-c2ccncc2)nc2c(N3CCOCC3CO)nc(-n3cc(-c4ccccc4)cn3)nc21. The van der Waals surface area contributed by atoms with Crippen molar-refractivity contribution in [1.29, 1.82) is 0 Å². The molecule has 6 rings (SSSR count). The minimum absolute atomic E-state index is 0.0492. The zero-order valence-electron chi connectivity index (χ0n) is 19.9. The standard InChI is InChI=1S/C26H26N8O2/c1-2-32-23(19-8-10-27-11-9-19)29-22-24(32)30-26(31-25(22)33-12-13-36-17-21(33)16-35)34-15-20(14-28-34)18-6-4-3-5-7-18/h3-11,14-15,21,35H,2,12-13,16-17H2,1H3. The lowest BCUT2D eigenvalue weighted by Crippen LogP contribution is -2.48. The van der Waals surface area contributed by atoms with Crippen molar-refractivity contribution in [3.05, 3.63) is 67.3 Å². The van der Waals surface area contributed by atoms with E-state index in [1.165, 1.54) is 0 Å². The highest BCUT2D eigenvalue weighted by molar-refractivity contribution is 5.88. The quantitative estimate of drug-likeness (QED) is 0.394. The number of hydrogen-bond acceptors (Lipinski definition) is 8. The van der Waals surface area contributed by atoms with Crippen LogP contribution in [-0.4, -0.2) is 71.8 Å². The molecule has 0 bridgehead atoms. The molecule has 36 heavy (non-hydrogen) atoms. The Morgan fingerprint density at radius 1 is 1.00 bits per heavy atom. The molecule has 1 aromatic carbocycles. The van der Waals surface area contributed by atoms with Crippen LogP contribution in [0.1, 0.15) is 6.92 Å². The molecule has 182 valence electrons. The van der Waals surface area contributed by atoms with Crippen molar-refractivity contribution in [2.75, 3.05) is 31.3 Å². The Labute approximate surface area is 207 Å². The topological polar surface area (TPSA) is 107 Å². The number of fused-ring (bicyclic) bond motifs is 1. The van der Waals surface area contributed by atoms with Gasteiger partial charge in [0.1, 0.15) is 5.82 Å². The summed E-state index contributed by atoms with van der Waals surface area (Å²) in [7, 11) is 0. The average Bonchev–Trinajstić information content (AvgIpc) is 3.59. The Kier molecular flexibility index (Phi) is 5.88. The lowest BCUT2D eigenvalue weighted by Gasteiger charge is -2.35. The highest BCUT2D eigenvalue weighted by atomic mass is 16.5. The maximum absolute atomic E-state index is 10.1. The van der Waals surface area contributed by atoms with Gasteiger partial charge in [0, 0.05) is 42.8 Å². The van der Waals surface area contributed by atoms with Crippen LogP contribution >= 0.6 is 0 Å². The fraction of sp³-hybridized carbons (Fsp3) is 0.269. The normalized spacial score (nSPS) is 16.1. The number of rotatable bonds is 6. The number of anilines is 1. The van der Waals surface area contributed by atoms with E-state index >= 15 is 0 Å². The second-order valence-electron chi connectivity index (χ2n) is 8.58. The van der Waals surface area contributed by atoms with Gasteiger partial charge >= 0.3 is 0 Å². The van der Waals surface area contributed by atoms with Gasteiger partial charge in [0.15, 0.2) is 17.0 Å². The second kappa shape index (κ2) is 9.48. The summed E-state index contributed by atoms with van der Waals surface area (Å²) in [5.74, 6) is 1.90. The number of nitrogens with zero attached hydrogens (tertiary/aromatic N) is 8. The summed E-state index contributed by atoms with van der Waals surface area (Å²) < 4.78 is 9.40. The van der Waals surface area contributed by atoms with Crippen molar-refractivity contribution in [3.63, 3.8) is 0 Å². The zero-order chi connectivity index (χ0) is 24.5. The number of pyridine rings is 1. The van der Waals surface area contributed by atoms with Crippen LogP contribution in [-0.2, 0) is 11.3 Å². The first-order valence-electron chi connectivity index (χ1n) is 12.0. The minimum Gasteiger partial charge on any atom is -0.394 e. The summed E-state index contributed by atoms with van der Waals surface area (Å²) in [6.45, 7) is 4.25. The van der Waals surface area contributed by atoms with Crippen LogP contribution in [0.4, 0.5) is 5.82 Å². The van der Waals surface area contributed by atoms with Crippen LogP contribution in [0.2, 0.25) is 0 Å². The van der Waals surface area contributed by atoms with Gasteiger partial charge in [-0.25, -0.2) is 9.67 Å². The van der Waals surface area contributed by atoms with E-state index in [9.17, 15) is 5.11 Å². The predicted octanol–water partition coefficient (Wildman–Crippen LogP) is 2.96. The van der Waals surface area contributed by atoms with Crippen molar-refractivity contribution < 1.29 is 9.84 Å². The number of benzene rings is 1. The summed E-state index contributed by atoms with van der Waals surface area (Å²) in [4.78, 5) is 21.1. The Morgan fingerprint density at radius 3 is 2.61 bits per heavy atom. The first-order valence-corrected chi connectivity index (χ1v) is 12.0. The molecule has 1 N–H and O–H groups in total. The monoisotopic (exact) mass is 482 g/mol. The smallest absolute Gasteiger partial charge is 0.254 e. The number of morpholine rings is 1. The van der Waals surface area contributed by atoms with E-state index in [-0.39, 0.29) is 12.6 Å². The van der Waals surface area contributed by atoms with Gasteiger partial charge in [-0.3, -0.25) is 4.98 Å². The molecule has 10 heteroatoms. The molecule has 5 aromatic rings. The number of aliphatic hydroxyl groups excluding tert-OH is 1. The van der Waals surface area contributed by atoms with E-state index in [1.54, 1.807) is 17.1 Å². The zero-order valence-corrected chi connectivity index (χ0v) is 19.9. The molecule has 0 aliphatic carbocycles. The molecule has 0 spiro atoms. The Morgan fingerprint density at radius 2 is 1.83 bits per heavy atom. The second-order valence-corrected chi connectivity index (χ2v) is 8.58. The molecule has 1 aliphatic rings. The van der Waals surface area contributed by atoms with Crippen LogP contribution in [0.3, 0.4) is 0 Å². The van der Waals surface area contributed by atoms with E-state index in [0.29, 0.717) is 49.2 Å². The predicted molar refractivity (Wildman–Crippen MR) is 136 cm³/mol. The van der Waals surface area contributed by atoms with Gasteiger partial charge in [-0.2, -0.15) is 15.1 Å². The van der Waals surface area contributed by atoms with Crippen LogP contribution in [0.25, 0.3) is 39.6 Å². The summed E-state index contributed by atoms with van der Waals surface area (Å²) in [6.07, 6.45) is 7.25. The van der Waals surface area contributed by atoms with E-state index in [0.717, 1.165) is 22.5 Å². The first kappa shape index (κ1) is 22.3. The first-order chi connectivity index (χ1) is 17.8. The van der Waals surface area contributed by atoms with Crippen molar-refractivity contribution in [1.82, 2.24) is 34.3 Å². The number of aliphatic hydroxyl groups is 1. The number of hydrogen-bond donors (Lipinski definition) is 1. The van der Waals surface area contributed by atoms with Gasteiger partial charge in [-0.1, -0.05) is 30.3 Å². The molecular formula is C26H26N8O2. The maximum Gasteiger partial charge on any atom is 0.254 e. The third-order valence-corrected chi connectivity index (χ3v) is 6.42. The number of imidazole rings is 1. The molecule has 1 aliphatic heterocycles. The van der Waals surface area contributed by atoms with Crippen LogP contribution < -0.4 is 4.90 Å². The van der Waals surface area contributed by atoms with E-state index < -0.39 is 0 Å². The Balaban J connectivity index is 1.55. The van der Waals surface area contributed by atoms with Crippen molar-refractivity contribution in [3.8, 4) is 28.5 Å². The summed E-state index contributed by atoms with van der Waals surface area (Å²) in [6, 6.07) is 13.7. The number of aryl methyl sites for hydroxylation is 1. The van der Waals surface area contributed by atoms with Gasteiger partial charge in [0.25, 0.3) is 5.95 Å². The highest BCUT2D eigenvalue weighted by Crippen LogP contribution is 2.31. The molecular weight excluding hydrogens is 456 g/mol. The molecule has 0 amide bonds. The van der Waals surface area contributed by atoms with Crippen molar-refractivity contribution >= 4 is 17.0 Å². The molecule has 5 heterocycles. The number of ether oxygens (including phenoxy) is 1. The fourth-order valence-corrected chi connectivity index (χ4v) is 4.60. The molecule has 10 nitrogen and oxygen atoms in total. The Bertz CT molecular complexity index is 1480. The third kappa shape index (κ3) is 3.90. The molecule has 4 aromatic heterocycles. The lowest BCUT2D eigenvalue weighted by molar-refractivity contribution is 0.0724. The summed E-state index contributed by atoms with van der Waals surface area (Å²) in [5.41, 5.74) is 4.38. The van der Waals surface area contributed by atoms with Gasteiger partial charge < -0.3 is 19.3 Å². The molecule has 0 radical (unpaired) electrons. The molecule has 0 saturated carbocycles. The molecule has 1 fully saturated rings. The van der Waals surface area contributed by atoms with Gasteiger partial charge in [0.05, 0.1) is 32.1 Å². The molecule has 1 atom stereocenters. The Hall–Kier alpha value is -4.15. The van der Waals surface area contributed by atoms with Crippen LogP contribution in [0.5, 0.6) is 0 Å². The number of aromatic nitrogens is 7. The van der Waals surface area contributed by atoms with E-state index in [4.69, 9.17) is 19.7 Å². The lowest BCUT2D eigenvalue weighted by atomic mass is 10.1. The average molecular weight is 483 g/mol. The maximum atomic E-state index is 10.1. The van der Waals surface area contributed by atoms with Crippen molar-refractivity contribution in [2.24, 2.45) is 0 Å². The summed E-state index contributed by atoms with van der Waals surface area (Å²) in [5, 5.41) is 14.7. The van der Waals surface area contributed by atoms with Crippen molar-refractivity contribution in [2.45, 2.75) is 19.5 Å². The van der Waals surface area contributed by atoms with Crippen LogP contribution in [0.15, 0.2) is 67.3 Å². The van der Waals surface area contributed by atoms with Gasteiger partial charge in [-0.15, -0.1) is 0 Å². The minimum atomic E-state index is -0.224. The van der Waals surface area contributed by atoms with Crippen LogP contribution in [0, 0.1) is 0 Å².